The first kappa shape index (κ1) is 18.1. The Kier molecular flexibility index (Phi) is 5.94. The van der Waals surface area contributed by atoms with Crippen molar-refractivity contribution in [3.8, 4) is 0 Å². The molecule has 0 radical (unpaired) electrons. The Labute approximate surface area is 133 Å². The fraction of sp³-hybridized carbons (Fsp3) is 0.455. The van der Waals surface area contributed by atoms with Crippen LogP contribution in [0.15, 0.2) is 23.1 Å². The van der Waals surface area contributed by atoms with Crippen molar-refractivity contribution >= 4 is 39.7 Å². The number of hydrogen-bond acceptors (Lipinski definition) is 5. The van der Waals surface area contributed by atoms with Crippen LogP contribution in [0.5, 0.6) is 0 Å². The molecule has 1 aliphatic rings. The molecule has 0 aliphatic carbocycles. The highest BCUT2D eigenvalue weighted by Crippen LogP contribution is 2.28. The van der Waals surface area contributed by atoms with Gasteiger partial charge in [0.15, 0.2) is 0 Å². The molecule has 1 aromatic rings. The zero-order valence-corrected chi connectivity index (χ0v) is 13.5. The van der Waals surface area contributed by atoms with Gasteiger partial charge in [0.25, 0.3) is 5.69 Å². The molecule has 1 saturated heterocycles. The van der Waals surface area contributed by atoms with Crippen LogP contribution in [0.2, 0.25) is 5.02 Å². The number of halogens is 2. The van der Waals surface area contributed by atoms with Gasteiger partial charge >= 0.3 is 0 Å². The number of nitrogens with one attached hydrogen (secondary N) is 1. The van der Waals surface area contributed by atoms with E-state index >= 15 is 0 Å². The van der Waals surface area contributed by atoms with Crippen LogP contribution in [0.3, 0.4) is 0 Å². The third kappa shape index (κ3) is 3.83. The van der Waals surface area contributed by atoms with Gasteiger partial charge in [-0.25, -0.2) is 8.42 Å². The van der Waals surface area contributed by atoms with Crippen molar-refractivity contribution in [2.24, 2.45) is 0 Å². The predicted octanol–water partition coefficient (Wildman–Crippen LogP) is 1.65. The quantitative estimate of drug-likeness (QED) is 0.657. The highest BCUT2D eigenvalue weighted by atomic mass is 35.5. The minimum atomic E-state index is -3.73. The molecule has 1 aromatic carbocycles. The number of nitro groups is 1. The molecule has 118 valence electrons. The number of benzene rings is 1. The van der Waals surface area contributed by atoms with Gasteiger partial charge in [-0.1, -0.05) is 11.6 Å². The first-order valence-corrected chi connectivity index (χ1v) is 7.81. The number of rotatable bonds is 3. The summed E-state index contributed by atoms with van der Waals surface area (Å²) < 4.78 is 26.3. The first-order valence-electron chi connectivity index (χ1n) is 6.00. The van der Waals surface area contributed by atoms with Crippen molar-refractivity contribution in [3.05, 3.63) is 33.3 Å². The van der Waals surface area contributed by atoms with E-state index in [0.29, 0.717) is 19.6 Å². The Hall–Kier alpha value is -0.930. The lowest BCUT2D eigenvalue weighted by atomic mass is 10.3. The maximum absolute atomic E-state index is 12.5. The molecule has 21 heavy (non-hydrogen) atoms. The van der Waals surface area contributed by atoms with Crippen LogP contribution in [0.4, 0.5) is 5.69 Å². The van der Waals surface area contributed by atoms with Gasteiger partial charge in [0.2, 0.25) is 10.0 Å². The molecule has 0 amide bonds. The van der Waals surface area contributed by atoms with Crippen molar-refractivity contribution < 1.29 is 13.3 Å². The smallest absolute Gasteiger partial charge is 0.271 e. The lowest BCUT2D eigenvalue weighted by Gasteiger charge is -2.31. The van der Waals surface area contributed by atoms with E-state index in [4.69, 9.17) is 11.6 Å². The van der Waals surface area contributed by atoms with E-state index in [0.717, 1.165) is 12.1 Å². The normalized spacial score (nSPS) is 19.8. The van der Waals surface area contributed by atoms with Gasteiger partial charge < -0.3 is 5.32 Å². The molecule has 1 heterocycles. The maximum atomic E-state index is 12.5. The van der Waals surface area contributed by atoms with Crippen LogP contribution in [-0.4, -0.2) is 43.3 Å². The molecule has 0 unspecified atom stereocenters. The van der Waals surface area contributed by atoms with Gasteiger partial charge in [-0.15, -0.1) is 12.4 Å². The molecule has 7 nitrogen and oxygen atoms in total. The maximum Gasteiger partial charge on any atom is 0.271 e. The summed E-state index contributed by atoms with van der Waals surface area (Å²) in [6.45, 7) is 3.14. The fourth-order valence-electron chi connectivity index (χ4n) is 2.07. The molecule has 1 aliphatic heterocycles. The largest absolute Gasteiger partial charge is 0.312 e. The van der Waals surface area contributed by atoms with Crippen LogP contribution < -0.4 is 5.32 Å². The Morgan fingerprint density at radius 2 is 2.14 bits per heavy atom. The molecule has 0 aromatic heterocycles. The Balaban J connectivity index is 0.00000220. The van der Waals surface area contributed by atoms with Gasteiger partial charge in [0.05, 0.1) is 9.95 Å². The molecule has 0 spiro atoms. The summed E-state index contributed by atoms with van der Waals surface area (Å²) in [7, 11) is -3.73. The minimum Gasteiger partial charge on any atom is -0.312 e. The summed E-state index contributed by atoms with van der Waals surface area (Å²) in [6.07, 6.45) is 0. The second kappa shape index (κ2) is 6.89. The highest BCUT2D eigenvalue weighted by Gasteiger charge is 2.30. The minimum absolute atomic E-state index is 0. The number of piperazine rings is 1. The van der Waals surface area contributed by atoms with Gasteiger partial charge in [0.1, 0.15) is 4.90 Å². The summed E-state index contributed by atoms with van der Waals surface area (Å²) in [5, 5.41) is 13.6. The monoisotopic (exact) mass is 355 g/mol. The number of hydrogen-bond donors (Lipinski definition) is 1. The van der Waals surface area contributed by atoms with Gasteiger partial charge in [-0.05, 0) is 13.0 Å². The van der Waals surface area contributed by atoms with E-state index in [2.05, 4.69) is 5.32 Å². The predicted molar refractivity (Wildman–Crippen MR) is 81.6 cm³/mol. The van der Waals surface area contributed by atoms with Crippen LogP contribution in [-0.2, 0) is 10.0 Å². The van der Waals surface area contributed by atoms with Crippen LogP contribution in [0.25, 0.3) is 0 Å². The van der Waals surface area contributed by atoms with E-state index in [1.807, 2.05) is 6.92 Å². The second-order valence-electron chi connectivity index (χ2n) is 4.59. The molecule has 0 saturated carbocycles. The topological polar surface area (TPSA) is 92.5 Å². The number of nitro benzene ring substituents is 1. The summed E-state index contributed by atoms with van der Waals surface area (Å²) >= 11 is 5.89. The number of non-ortho nitro benzene ring substituents is 1. The molecule has 0 bridgehead atoms. The number of sulfonamides is 1. The molecule has 1 N–H and O–H groups in total. The molecule has 10 heteroatoms. The zero-order chi connectivity index (χ0) is 14.9. The first-order chi connectivity index (χ1) is 9.32. The standard InChI is InChI=1S/C11H14ClN3O4S.ClH/c1-8-7-14(5-4-13-8)20(18,19)11-3-2-9(15(16)17)6-10(11)12;/h2-3,6,8,13H,4-5,7H2,1H3;1H/t8-;/m0./s1. The summed E-state index contributed by atoms with van der Waals surface area (Å²) in [5.41, 5.74) is -0.234. The van der Waals surface area contributed by atoms with Crippen LogP contribution in [0, 0.1) is 10.1 Å². The Morgan fingerprint density at radius 1 is 1.48 bits per heavy atom. The lowest BCUT2D eigenvalue weighted by Crippen LogP contribution is -2.51. The number of nitrogens with zero attached hydrogens (tertiary/aromatic N) is 2. The third-order valence-corrected chi connectivity index (χ3v) is 5.42. The summed E-state index contributed by atoms with van der Waals surface area (Å²) in [5.74, 6) is 0. The highest BCUT2D eigenvalue weighted by molar-refractivity contribution is 7.89. The molecular weight excluding hydrogens is 341 g/mol. The zero-order valence-electron chi connectivity index (χ0n) is 11.2. The average molecular weight is 356 g/mol. The Morgan fingerprint density at radius 3 is 2.67 bits per heavy atom. The molecule has 1 fully saturated rings. The molecule has 2 rings (SSSR count). The fourth-order valence-corrected chi connectivity index (χ4v) is 4.11. The van der Waals surface area contributed by atoms with E-state index in [1.54, 1.807) is 0 Å². The van der Waals surface area contributed by atoms with Crippen molar-refractivity contribution in [1.29, 1.82) is 0 Å². The van der Waals surface area contributed by atoms with Gasteiger partial charge in [-0.3, -0.25) is 10.1 Å². The SMILES string of the molecule is C[C@H]1CN(S(=O)(=O)c2ccc([N+](=O)[O-])cc2Cl)CCN1.Cl. The van der Waals surface area contributed by atoms with E-state index in [9.17, 15) is 18.5 Å². The van der Waals surface area contributed by atoms with Crippen LogP contribution >= 0.6 is 24.0 Å². The summed E-state index contributed by atoms with van der Waals surface area (Å²) in [6, 6.07) is 3.43. The molecule has 1 atom stereocenters. The Bertz CT molecular complexity index is 638. The van der Waals surface area contributed by atoms with E-state index in [-0.39, 0.29) is 34.1 Å². The van der Waals surface area contributed by atoms with Crippen molar-refractivity contribution in [2.75, 3.05) is 19.6 Å². The average Bonchev–Trinajstić information content (AvgIpc) is 2.38. The third-order valence-electron chi connectivity index (χ3n) is 3.08. The van der Waals surface area contributed by atoms with Crippen molar-refractivity contribution in [3.63, 3.8) is 0 Å². The van der Waals surface area contributed by atoms with Crippen molar-refractivity contribution in [2.45, 2.75) is 17.9 Å². The van der Waals surface area contributed by atoms with Gasteiger partial charge in [-0.2, -0.15) is 4.31 Å². The van der Waals surface area contributed by atoms with E-state index in [1.165, 1.54) is 10.4 Å². The second-order valence-corrected chi connectivity index (χ2v) is 6.90. The lowest BCUT2D eigenvalue weighted by molar-refractivity contribution is -0.384. The summed E-state index contributed by atoms with van der Waals surface area (Å²) in [4.78, 5) is 9.92. The van der Waals surface area contributed by atoms with Crippen LogP contribution in [0.1, 0.15) is 6.92 Å². The van der Waals surface area contributed by atoms with Crippen molar-refractivity contribution in [1.82, 2.24) is 9.62 Å². The molecular formula is C11H15Cl2N3O4S. The van der Waals surface area contributed by atoms with Gasteiger partial charge in [0, 0.05) is 37.8 Å². The van der Waals surface area contributed by atoms with E-state index < -0.39 is 14.9 Å².